The number of rotatable bonds is 6. The lowest BCUT2D eigenvalue weighted by molar-refractivity contribution is -0.132. The average molecular weight is 474 g/mol. The number of carbonyl (C=O) groups excluding carboxylic acids is 1. The smallest absolute Gasteiger partial charge is 0.223 e. The third-order valence-corrected chi connectivity index (χ3v) is 7.30. The number of carbonyl (C=O) groups is 1. The average Bonchev–Trinajstić information content (AvgIpc) is 3.47. The summed E-state index contributed by atoms with van der Waals surface area (Å²) in [6.07, 6.45) is 4.64. The molecule has 1 fully saturated rings. The van der Waals surface area contributed by atoms with Crippen LogP contribution in [0.1, 0.15) is 61.6 Å². The fraction of sp³-hybridized carbons (Fsp3) is 0.481. The first-order valence-electron chi connectivity index (χ1n) is 12.6. The number of hydrogen-bond donors (Lipinski definition) is 1. The Morgan fingerprint density at radius 1 is 1.20 bits per heavy atom. The number of amides is 1. The zero-order valence-electron chi connectivity index (χ0n) is 21.4. The number of aromatic nitrogens is 5. The number of nitrogens with zero attached hydrogens (tertiary/aromatic N) is 6. The Balaban J connectivity index is 1.42. The molecule has 0 unspecified atom stereocenters. The number of nitrogens with one attached hydrogen (secondary N) is 1. The summed E-state index contributed by atoms with van der Waals surface area (Å²) in [5, 5.41) is 13.3. The molecule has 0 spiro atoms. The Bertz CT molecular complexity index is 1360. The van der Waals surface area contributed by atoms with Gasteiger partial charge in [0.1, 0.15) is 0 Å². The number of aromatic amines is 1. The highest BCUT2D eigenvalue weighted by Gasteiger charge is 2.25. The molecule has 1 N–H and O–H groups in total. The highest BCUT2D eigenvalue weighted by molar-refractivity contribution is 5.92. The Kier molecular flexibility index (Phi) is 6.32. The summed E-state index contributed by atoms with van der Waals surface area (Å²) in [7, 11) is 4.03. The van der Waals surface area contributed by atoms with Crippen LogP contribution in [0.2, 0.25) is 0 Å². The molecule has 5 rings (SSSR count). The maximum Gasteiger partial charge on any atom is 0.223 e. The molecule has 3 aromatic heterocycles. The van der Waals surface area contributed by atoms with Gasteiger partial charge in [-0.15, -0.1) is 5.10 Å². The second-order valence-electron chi connectivity index (χ2n) is 10.4. The SMILES string of the molecule is Cc1cc(-c2[nH]c3ccc(C4CCN(C(=O)CCN(C)C)CC4)cc3c2C(C)C)cn2nnnc12. The van der Waals surface area contributed by atoms with Gasteiger partial charge in [0.15, 0.2) is 5.65 Å². The van der Waals surface area contributed by atoms with Crippen molar-refractivity contribution in [2.45, 2.75) is 51.9 Å². The number of likely N-dealkylation sites (tertiary alicyclic amines) is 1. The Morgan fingerprint density at radius 2 is 1.97 bits per heavy atom. The normalized spacial score (nSPS) is 15.2. The van der Waals surface area contributed by atoms with Crippen LogP contribution in [0.3, 0.4) is 0 Å². The molecule has 4 heterocycles. The van der Waals surface area contributed by atoms with Crippen molar-refractivity contribution in [2.24, 2.45) is 0 Å². The molecule has 0 saturated carbocycles. The summed E-state index contributed by atoms with van der Waals surface area (Å²) in [5.74, 6) is 1.12. The van der Waals surface area contributed by atoms with Crippen molar-refractivity contribution < 1.29 is 4.79 Å². The highest BCUT2D eigenvalue weighted by atomic mass is 16.2. The lowest BCUT2D eigenvalue weighted by atomic mass is 9.87. The second kappa shape index (κ2) is 9.41. The predicted molar refractivity (Wildman–Crippen MR) is 139 cm³/mol. The van der Waals surface area contributed by atoms with Crippen molar-refractivity contribution >= 4 is 22.5 Å². The fourth-order valence-electron chi connectivity index (χ4n) is 5.39. The maximum absolute atomic E-state index is 12.5. The van der Waals surface area contributed by atoms with Gasteiger partial charge in [-0.1, -0.05) is 19.9 Å². The zero-order chi connectivity index (χ0) is 24.7. The van der Waals surface area contributed by atoms with E-state index in [1.165, 1.54) is 16.5 Å². The van der Waals surface area contributed by atoms with Crippen LogP contribution in [0.25, 0.3) is 27.8 Å². The summed E-state index contributed by atoms with van der Waals surface area (Å²) in [4.78, 5) is 20.3. The van der Waals surface area contributed by atoms with Crippen LogP contribution in [-0.4, -0.2) is 74.5 Å². The van der Waals surface area contributed by atoms with Gasteiger partial charge in [-0.25, -0.2) is 0 Å². The van der Waals surface area contributed by atoms with Gasteiger partial charge in [0.05, 0.1) is 5.69 Å². The van der Waals surface area contributed by atoms with Crippen LogP contribution >= 0.6 is 0 Å². The number of fused-ring (bicyclic) bond motifs is 2. The Labute approximate surface area is 206 Å². The van der Waals surface area contributed by atoms with Crippen LogP contribution in [0.15, 0.2) is 30.5 Å². The minimum absolute atomic E-state index is 0.278. The number of H-pyrrole nitrogens is 1. The van der Waals surface area contributed by atoms with E-state index in [-0.39, 0.29) is 5.91 Å². The molecule has 35 heavy (non-hydrogen) atoms. The Morgan fingerprint density at radius 3 is 2.69 bits per heavy atom. The monoisotopic (exact) mass is 473 g/mol. The van der Waals surface area contributed by atoms with Gasteiger partial charge in [-0.2, -0.15) is 4.52 Å². The van der Waals surface area contributed by atoms with Gasteiger partial charge in [0, 0.05) is 48.7 Å². The molecule has 0 radical (unpaired) electrons. The van der Waals surface area contributed by atoms with E-state index in [2.05, 4.69) is 63.5 Å². The van der Waals surface area contributed by atoms with Gasteiger partial charge in [-0.05, 0) is 91.0 Å². The minimum Gasteiger partial charge on any atom is -0.354 e. The second-order valence-corrected chi connectivity index (χ2v) is 10.4. The number of piperidine rings is 1. The molecule has 184 valence electrons. The van der Waals surface area contributed by atoms with Gasteiger partial charge < -0.3 is 14.8 Å². The van der Waals surface area contributed by atoms with E-state index in [1.807, 2.05) is 32.1 Å². The first-order valence-corrected chi connectivity index (χ1v) is 12.6. The third kappa shape index (κ3) is 4.55. The molecule has 4 aromatic rings. The molecule has 8 heteroatoms. The van der Waals surface area contributed by atoms with Crippen molar-refractivity contribution in [3.8, 4) is 11.3 Å². The van der Waals surface area contributed by atoms with E-state index in [0.29, 0.717) is 18.3 Å². The van der Waals surface area contributed by atoms with Gasteiger partial charge in [-0.3, -0.25) is 4.79 Å². The highest BCUT2D eigenvalue weighted by Crippen LogP contribution is 2.38. The van der Waals surface area contributed by atoms with Crippen molar-refractivity contribution in [3.63, 3.8) is 0 Å². The standard InChI is InChI=1S/C27H35N7O/c1-17(2)25-22-15-20(19-8-12-33(13-9-19)24(35)10-11-32(4)5)6-7-23(22)28-26(25)21-14-18(3)27-29-30-31-34(27)16-21/h6-7,14-17,19,28H,8-13H2,1-5H3. The number of tetrazole rings is 1. The summed E-state index contributed by atoms with van der Waals surface area (Å²) < 4.78 is 1.75. The lowest BCUT2D eigenvalue weighted by Crippen LogP contribution is -2.39. The summed E-state index contributed by atoms with van der Waals surface area (Å²) >= 11 is 0. The van der Waals surface area contributed by atoms with Crippen molar-refractivity contribution in [1.82, 2.24) is 34.8 Å². The molecule has 0 aliphatic carbocycles. The molecular formula is C27H35N7O. The predicted octanol–water partition coefficient (Wildman–Crippen LogP) is 4.36. The summed E-state index contributed by atoms with van der Waals surface area (Å²) in [6.45, 7) is 9.04. The number of hydrogen-bond acceptors (Lipinski definition) is 5. The molecule has 1 aliphatic rings. The van der Waals surface area contributed by atoms with Crippen LogP contribution in [0.5, 0.6) is 0 Å². The third-order valence-electron chi connectivity index (χ3n) is 7.30. The summed E-state index contributed by atoms with van der Waals surface area (Å²) in [5.41, 5.74) is 7.90. The molecule has 1 amide bonds. The fourth-order valence-corrected chi connectivity index (χ4v) is 5.39. The quantitative estimate of drug-likeness (QED) is 0.450. The molecule has 8 nitrogen and oxygen atoms in total. The topological polar surface area (TPSA) is 82.4 Å². The van der Waals surface area contributed by atoms with Gasteiger partial charge >= 0.3 is 0 Å². The maximum atomic E-state index is 12.5. The van der Waals surface area contributed by atoms with E-state index in [9.17, 15) is 4.79 Å². The van der Waals surface area contributed by atoms with E-state index >= 15 is 0 Å². The first-order chi connectivity index (χ1) is 16.8. The van der Waals surface area contributed by atoms with Gasteiger partial charge in [0.25, 0.3) is 0 Å². The Hall–Kier alpha value is -3.26. The van der Waals surface area contributed by atoms with Crippen LogP contribution < -0.4 is 0 Å². The molecule has 1 aliphatic heterocycles. The minimum atomic E-state index is 0.278. The first kappa shape index (κ1) is 23.5. The summed E-state index contributed by atoms with van der Waals surface area (Å²) in [6, 6.07) is 9.02. The van der Waals surface area contributed by atoms with E-state index in [1.54, 1.807) is 4.52 Å². The van der Waals surface area contributed by atoms with E-state index in [4.69, 9.17) is 0 Å². The largest absolute Gasteiger partial charge is 0.354 e. The lowest BCUT2D eigenvalue weighted by Gasteiger charge is -2.32. The number of pyridine rings is 1. The van der Waals surface area contributed by atoms with Crippen LogP contribution in [0, 0.1) is 6.92 Å². The van der Waals surface area contributed by atoms with E-state index in [0.717, 1.165) is 60.5 Å². The van der Waals surface area contributed by atoms with Crippen LogP contribution in [-0.2, 0) is 4.79 Å². The van der Waals surface area contributed by atoms with Crippen molar-refractivity contribution in [2.75, 3.05) is 33.7 Å². The van der Waals surface area contributed by atoms with Crippen molar-refractivity contribution in [3.05, 3.63) is 47.2 Å². The molecule has 1 saturated heterocycles. The zero-order valence-corrected chi connectivity index (χ0v) is 21.4. The van der Waals surface area contributed by atoms with Crippen LogP contribution in [0.4, 0.5) is 0 Å². The van der Waals surface area contributed by atoms with Gasteiger partial charge in [0.2, 0.25) is 5.91 Å². The molecule has 0 atom stereocenters. The number of benzene rings is 1. The molecular weight excluding hydrogens is 438 g/mol. The number of aryl methyl sites for hydroxylation is 1. The van der Waals surface area contributed by atoms with E-state index < -0.39 is 0 Å². The molecule has 1 aromatic carbocycles. The van der Waals surface area contributed by atoms with Crippen molar-refractivity contribution in [1.29, 1.82) is 0 Å². The molecule has 0 bridgehead atoms.